The number of ether oxygens (including phenoxy) is 5. The molecule has 1 aliphatic carbocycles. The normalized spacial score (nSPS) is 18.3. The Morgan fingerprint density at radius 3 is 2.35 bits per heavy atom. The van der Waals surface area contributed by atoms with E-state index in [1.165, 1.54) is 19.3 Å². The Bertz CT molecular complexity index is 859. The molecule has 1 fully saturated rings. The van der Waals surface area contributed by atoms with E-state index in [1.807, 2.05) is 51.1 Å². The molecule has 0 heterocycles. The standard InChI is InChI=1S/C30H51N3O7/c1-21(28(34)37-19-24-15-11-8-12-16-24)32-18-25(31)27(39-20-38-22(2)36-6)26(17-23-13-9-7-10-14-23)33-29(35)40-30(3,4)5/h8,11-12,15-16,21-23,25-27,32H,7,9-10,13-14,17-20,31H2,1-6H3,(H,33,35)/t21?,22?,25-,26-,27+/m0/s1. The molecular formula is C30H51N3O7. The van der Waals surface area contributed by atoms with Crippen molar-refractivity contribution in [3.63, 3.8) is 0 Å². The van der Waals surface area contributed by atoms with Gasteiger partial charge in [0.25, 0.3) is 0 Å². The number of carbonyl (C=O) groups is 2. The molecule has 0 bridgehead atoms. The van der Waals surface area contributed by atoms with E-state index in [4.69, 9.17) is 29.4 Å². The smallest absolute Gasteiger partial charge is 0.407 e. The predicted molar refractivity (Wildman–Crippen MR) is 153 cm³/mol. The average molecular weight is 566 g/mol. The molecule has 0 aliphatic heterocycles. The molecule has 2 unspecified atom stereocenters. The van der Waals surface area contributed by atoms with E-state index < -0.39 is 42.2 Å². The molecule has 0 radical (unpaired) electrons. The van der Waals surface area contributed by atoms with Crippen molar-refractivity contribution >= 4 is 12.1 Å². The van der Waals surface area contributed by atoms with Crippen LogP contribution in [0.3, 0.4) is 0 Å². The van der Waals surface area contributed by atoms with Crippen molar-refractivity contribution in [3.8, 4) is 0 Å². The van der Waals surface area contributed by atoms with Gasteiger partial charge in [0, 0.05) is 19.7 Å². The van der Waals surface area contributed by atoms with Crippen LogP contribution in [0.1, 0.15) is 78.7 Å². The van der Waals surface area contributed by atoms with Crippen molar-refractivity contribution in [3.05, 3.63) is 35.9 Å². The second-order valence-electron chi connectivity index (χ2n) is 11.6. The molecule has 1 saturated carbocycles. The van der Waals surface area contributed by atoms with Crippen LogP contribution < -0.4 is 16.4 Å². The largest absolute Gasteiger partial charge is 0.460 e. The van der Waals surface area contributed by atoms with Gasteiger partial charge in [-0.15, -0.1) is 0 Å². The summed E-state index contributed by atoms with van der Waals surface area (Å²) in [6, 6.07) is 7.93. The maximum Gasteiger partial charge on any atom is 0.407 e. The molecule has 0 spiro atoms. The van der Waals surface area contributed by atoms with Crippen LogP contribution in [-0.4, -0.2) is 68.6 Å². The van der Waals surface area contributed by atoms with Gasteiger partial charge in [-0.05, 0) is 52.5 Å². The van der Waals surface area contributed by atoms with Gasteiger partial charge in [-0.3, -0.25) is 4.79 Å². The molecule has 4 N–H and O–H groups in total. The summed E-state index contributed by atoms with van der Waals surface area (Å²) in [4.78, 5) is 25.4. The molecule has 0 aromatic heterocycles. The molecule has 2 rings (SSSR count). The number of hydrogen-bond acceptors (Lipinski definition) is 9. The van der Waals surface area contributed by atoms with E-state index in [1.54, 1.807) is 21.0 Å². The monoisotopic (exact) mass is 565 g/mol. The second-order valence-corrected chi connectivity index (χ2v) is 11.6. The lowest BCUT2D eigenvalue weighted by Crippen LogP contribution is -2.58. The van der Waals surface area contributed by atoms with Crippen molar-refractivity contribution in [2.75, 3.05) is 20.4 Å². The van der Waals surface area contributed by atoms with Gasteiger partial charge >= 0.3 is 12.1 Å². The van der Waals surface area contributed by atoms with Crippen LogP contribution in [-0.2, 0) is 35.1 Å². The third-order valence-corrected chi connectivity index (χ3v) is 6.97. The van der Waals surface area contributed by atoms with E-state index in [0.717, 1.165) is 18.4 Å². The van der Waals surface area contributed by atoms with Gasteiger partial charge in [0.15, 0.2) is 6.29 Å². The summed E-state index contributed by atoms with van der Waals surface area (Å²) in [5.41, 5.74) is 6.94. The van der Waals surface area contributed by atoms with E-state index in [9.17, 15) is 9.59 Å². The van der Waals surface area contributed by atoms with Gasteiger partial charge < -0.3 is 40.1 Å². The first-order valence-corrected chi connectivity index (χ1v) is 14.4. The molecule has 1 aromatic rings. The molecule has 5 atom stereocenters. The third kappa shape index (κ3) is 13.4. The first-order valence-electron chi connectivity index (χ1n) is 14.4. The average Bonchev–Trinajstić information content (AvgIpc) is 2.92. The molecule has 1 aromatic carbocycles. The quantitative estimate of drug-likeness (QED) is 0.199. The number of carbonyl (C=O) groups excluding carboxylic acids is 2. The maximum absolute atomic E-state index is 12.9. The molecular weight excluding hydrogens is 514 g/mol. The highest BCUT2D eigenvalue weighted by molar-refractivity contribution is 5.75. The minimum absolute atomic E-state index is 0.0702. The minimum Gasteiger partial charge on any atom is -0.460 e. The number of benzene rings is 1. The van der Waals surface area contributed by atoms with Crippen molar-refractivity contribution in [2.24, 2.45) is 11.7 Å². The fourth-order valence-electron chi connectivity index (χ4n) is 4.70. The van der Waals surface area contributed by atoms with Crippen LogP contribution in [0.15, 0.2) is 30.3 Å². The van der Waals surface area contributed by atoms with E-state index in [-0.39, 0.29) is 25.9 Å². The van der Waals surface area contributed by atoms with Gasteiger partial charge in [-0.25, -0.2) is 4.79 Å². The van der Waals surface area contributed by atoms with E-state index >= 15 is 0 Å². The number of methoxy groups -OCH3 is 1. The summed E-state index contributed by atoms with van der Waals surface area (Å²) in [6.07, 6.45) is 4.84. The number of nitrogens with two attached hydrogens (primary N) is 1. The van der Waals surface area contributed by atoms with Crippen LogP contribution in [0, 0.1) is 5.92 Å². The zero-order valence-corrected chi connectivity index (χ0v) is 25.1. The number of amides is 1. The van der Waals surface area contributed by atoms with Crippen LogP contribution in [0.2, 0.25) is 0 Å². The van der Waals surface area contributed by atoms with Crippen molar-refractivity contribution in [1.29, 1.82) is 0 Å². The number of nitrogens with one attached hydrogen (secondary N) is 2. The SMILES string of the molecule is COC(C)OCO[C@@H]([C@H](CC1CCCCC1)NC(=O)OC(C)(C)C)[C@@H](N)CNC(C)C(=O)OCc1ccccc1. The van der Waals surface area contributed by atoms with Crippen LogP contribution in [0.25, 0.3) is 0 Å². The van der Waals surface area contributed by atoms with Crippen LogP contribution in [0.5, 0.6) is 0 Å². The van der Waals surface area contributed by atoms with E-state index in [0.29, 0.717) is 12.3 Å². The predicted octanol–water partition coefficient (Wildman–Crippen LogP) is 4.25. The Morgan fingerprint density at radius 1 is 1.05 bits per heavy atom. The van der Waals surface area contributed by atoms with Crippen molar-refractivity contribution in [1.82, 2.24) is 10.6 Å². The molecule has 1 aliphatic rings. The Kier molecular flexibility index (Phi) is 14.9. The van der Waals surface area contributed by atoms with Gasteiger partial charge in [-0.2, -0.15) is 0 Å². The maximum atomic E-state index is 12.9. The fraction of sp³-hybridized carbons (Fsp3) is 0.733. The van der Waals surface area contributed by atoms with Crippen molar-refractivity contribution < 1.29 is 33.3 Å². The van der Waals surface area contributed by atoms with Gasteiger partial charge in [-0.1, -0.05) is 62.4 Å². The Hall–Kier alpha value is -2.24. The van der Waals surface area contributed by atoms with Gasteiger partial charge in [0.05, 0.1) is 12.1 Å². The number of alkyl carbamates (subject to hydrolysis) is 1. The van der Waals surface area contributed by atoms with Crippen LogP contribution in [0.4, 0.5) is 4.79 Å². The van der Waals surface area contributed by atoms with Gasteiger partial charge in [0.2, 0.25) is 0 Å². The summed E-state index contributed by atoms with van der Waals surface area (Å²) in [6.45, 7) is 9.35. The fourth-order valence-corrected chi connectivity index (χ4v) is 4.70. The molecule has 10 heteroatoms. The lowest BCUT2D eigenvalue weighted by atomic mass is 9.83. The third-order valence-electron chi connectivity index (χ3n) is 6.97. The molecule has 10 nitrogen and oxygen atoms in total. The highest BCUT2D eigenvalue weighted by Crippen LogP contribution is 2.29. The topological polar surface area (TPSA) is 130 Å². The number of esters is 1. The minimum atomic E-state index is -0.647. The summed E-state index contributed by atoms with van der Waals surface area (Å²) in [5.74, 6) is 0.0575. The zero-order chi connectivity index (χ0) is 29.5. The molecule has 228 valence electrons. The number of rotatable bonds is 16. The Balaban J connectivity index is 2.09. The highest BCUT2D eigenvalue weighted by Gasteiger charge is 2.34. The number of hydrogen-bond donors (Lipinski definition) is 3. The summed E-state index contributed by atoms with van der Waals surface area (Å²) in [7, 11) is 1.55. The molecule has 0 saturated heterocycles. The Morgan fingerprint density at radius 2 is 1.73 bits per heavy atom. The van der Waals surface area contributed by atoms with Crippen molar-refractivity contribution in [2.45, 2.75) is 116 Å². The highest BCUT2D eigenvalue weighted by atomic mass is 16.7. The first kappa shape index (κ1) is 34.0. The molecule has 40 heavy (non-hydrogen) atoms. The lowest BCUT2D eigenvalue weighted by Gasteiger charge is -2.36. The summed E-state index contributed by atoms with van der Waals surface area (Å²) >= 11 is 0. The zero-order valence-electron chi connectivity index (χ0n) is 25.1. The second kappa shape index (κ2) is 17.5. The van der Waals surface area contributed by atoms with Crippen LogP contribution >= 0.6 is 0 Å². The first-order chi connectivity index (χ1) is 19.0. The van der Waals surface area contributed by atoms with Gasteiger partial charge in [0.1, 0.15) is 25.0 Å². The Labute approximate surface area is 240 Å². The summed E-state index contributed by atoms with van der Waals surface area (Å²) < 4.78 is 27.9. The van der Waals surface area contributed by atoms with E-state index in [2.05, 4.69) is 10.6 Å². The summed E-state index contributed by atoms with van der Waals surface area (Å²) in [5, 5.41) is 6.20. The lowest BCUT2D eigenvalue weighted by molar-refractivity contribution is -0.194. The molecule has 1 amide bonds.